The van der Waals surface area contributed by atoms with Gasteiger partial charge in [-0.1, -0.05) is 5.21 Å². The van der Waals surface area contributed by atoms with E-state index in [9.17, 15) is 0 Å². The van der Waals surface area contributed by atoms with E-state index in [4.69, 9.17) is 5.73 Å². The summed E-state index contributed by atoms with van der Waals surface area (Å²) in [5.74, 6) is 0. The highest BCUT2D eigenvalue weighted by molar-refractivity contribution is 9.10. The summed E-state index contributed by atoms with van der Waals surface area (Å²) in [5, 5.41) is 10.2. The second kappa shape index (κ2) is 4.87. The third-order valence-corrected chi connectivity index (χ3v) is 3.66. The highest BCUT2D eigenvalue weighted by Crippen LogP contribution is 2.27. The first kappa shape index (κ1) is 10.8. The van der Waals surface area contributed by atoms with Crippen LogP contribution in [0, 0.1) is 0 Å². The smallest absolute Gasteiger partial charge is 0.123 e. The van der Waals surface area contributed by atoms with Gasteiger partial charge in [0.2, 0.25) is 0 Å². The summed E-state index contributed by atoms with van der Waals surface area (Å²) in [4.78, 5) is 1.13. The van der Waals surface area contributed by atoms with Crippen molar-refractivity contribution in [2.45, 2.75) is 13.0 Å². The van der Waals surface area contributed by atoms with Crippen LogP contribution in [0.5, 0.6) is 0 Å². The molecule has 2 rings (SSSR count). The van der Waals surface area contributed by atoms with Gasteiger partial charge < -0.3 is 5.73 Å². The highest BCUT2D eigenvalue weighted by Gasteiger charge is 2.05. The molecule has 2 heterocycles. The van der Waals surface area contributed by atoms with Gasteiger partial charge >= 0.3 is 0 Å². The predicted molar refractivity (Wildman–Crippen MR) is 64.7 cm³/mol. The van der Waals surface area contributed by atoms with Crippen molar-refractivity contribution < 1.29 is 0 Å². The van der Waals surface area contributed by atoms with Crippen LogP contribution in [0.1, 0.15) is 6.42 Å². The Kier molecular flexibility index (Phi) is 3.50. The maximum atomic E-state index is 5.43. The lowest BCUT2D eigenvalue weighted by atomic mass is 10.4. The van der Waals surface area contributed by atoms with Gasteiger partial charge in [0.15, 0.2) is 0 Å². The first-order valence-electron chi connectivity index (χ1n) is 4.64. The first-order chi connectivity index (χ1) is 7.29. The molecule has 0 atom stereocenters. The Labute approximate surface area is 100 Å². The number of aryl methyl sites for hydroxylation is 1. The molecule has 0 saturated carbocycles. The van der Waals surface area contributed by atoms with Gasteiger partial charge in [-0.3, -0.25) is 4.68 Å². The number of aromatic nitrogens is 3. The molecule has 0 aliphatic carbocycles. The zero-order chi connectivity index (χ0) is 10.7. The Morgan fingerprint density at radius 1 is 1.53 bits per heavy atom. The standard InChI is InChI=1S/C9H11BrN4S/c10-7-4-9(15-6-7)8-5-14(13-12-8)3-1-2-11/h4-6H,1-3,11H2. The van der Waals surface area contributed by atoms with E-state index in [-0.39, 0.29) is 0 Å². The zero-order valence-electron chi connectivity index (χ0n) is 8.06. The zero-order valence-corrected chi connectivity index (χ0v) is 10.5. The van der Waals surface area contributed by atoms with E-state index in [2.05, 4.69) is 26.2 Å². The van der Waals surface area contributed by atoms with Crippen molar-refractivity contribution in [1.82, 2.24) is 15.0 Å². The van der Waals surface area contributed by atoms with Crippen molar-refractivity contribution in [3.8, 4) is 10.6 Å². The topological polar surface area (TPSA) is 56.7 Å². The van der Waals surface area contributed by atoms with E-state index in [0.29, 0.717) is 6.54 Å². The lowest BCUT2D eigenvalue weighted by Gasteiger charge is -1.95. The molecule has 2 aromatic rings. The predicted octanol–water partition coefficient (Wildman–Crippen LogP) is 2.12. The number of rotatable bonds is 4. The number of thiophene rings is 1. The molecule has 0 spiro atoms. The Bertz CT molecular complexity index is 437. The normalized spacial score (nSPS) is 10.8. The molecule has 2 N–H and O–H groups in total. The molecule has 2 aromatic heterocycles. The van der Waals surface area contributed by atoms with Crippen molar-refractivity contribution >= 4 is 27.3 Å². The molecule has 6 heteroatoms. The summed E-state index contributed by atoms with van der Waals surface area (Å²) in [5.41, 5.74) is 6.35. The van der Waals surface area contributed by atoms with Gasteiger partial charge in [0.25, 0.3) is 0 Å². The molecule has 80 valence electrons. The van der Waals surface area contributed by atoms with Crippen LogP contribution in [0.3, 0.4) is 0 Å². The average Bonchev–Trinajstić information content (AvgIpc) is 2.83. The second-order valence-corrected chi connectivity index (χ2v) is 4.97. The summed E-state index contributed by atoms with van der Waals surface area (Å²) >= 11 is 5.07. The molecule has 4 nitrogen and oxygen atoms in total. The molecule has 0 amide bonds. The molecule has 0 radical (unpaired) electrons. The van der Waals surface area contributed by atoms with Gasteiger partial charge in [-0.05, 0) is 35.0 Å². The van der Waals surface area contributed by atoms with Gasteiger partial charge in [0, 0.05) is 16.4 Å². The van der Waals surface area contributed by atoms with Gasteiger partial charge in [0.1, 0.15) is 5.69 Å². The summed E-state index contributed by atoms with van der Waals surface area (Å²) in [6.45, 7) is 1.51. The van der Waals surface area contributed by atoms with E-state index in [1.807, 2.05) is 22.3 Å². The average molecular weight is 287 g/mol. The minimum Gasteiger partial charge on any atom is -0.330 e. The van der Waals surface area contributed by atoms with Crippen LogP contribution in [0.25, 0.3) is 10.6 Å². The second-order valence-electron chi connectivity index (χ2n) is 3.14. The Morgan fingerprint density at radius 2 is 2.40 bits per heavy atom. The molecule has 0 aromatic carbocycles. The van der Waals surface area contributed by atoms with Crippen molar-refractivity contribution in [2.75, 3.05) is 6.54 Å². The van der Waals surface area contributed by atoms with Gasteiger partial charge in [-0.2, -0.15) is 0 Å². The third kappa shape index (κ3) is 2.64. The van der Waals surface area contributed by atoms with Crippen molar-refractivity contribution in [1.29, 1.82) is 0 Å². The van der Waals surface area contributed by atoms with Crippen LogP contribution >= 0.6 is 27.3 Å². The highest BCUT2D eigenvalue weighted by atomic mass is 79.9. The van der Waals surface area contributed by atoms with Crippen molar-refractivity contribution in [3.05, 3.63) is 22.1 Å². The minimum absolute atomic E-state index is 0.680. The summed E-state index contributed by atoms with van der Waals surface area (Å²) in [7, 11) is 0. The molecule has 15 heavy (non-hydrogen) atoms. The van der Waals surface area contributed by atoms with Gasteiger partial charge in [0.05, 0.1) is 11.1 Å². The van der Waals surface area contributed by atoms with Crippen LogP contribution in [0.4, 0.5) is 0 Å². The lowest BCUT2D eigenvalue weighted by molar-refractivity contribution is 0.564. The Balaban J connectivity index is 2.13. The fourth-order valence-corrected chi connectivity index (χ4v) is 2.60. The third-order valence-electron chi connectivity index (χ3n) is 1.95. The molecule has 0 bridgehead atoms. The molecule has 0 fully saturated rings. The van der Waals surface area contributed by atoms with E-state index < -0.39 is 0 Å². The van der Waals surface area contributed by atoms with Gasteiger partial charge in [-0.15, -0.1) is 16.4 Å². The number of hydrogen-bond acceptors (Lipinski definition) is 4. The van der Waals surface area contributed by atoms with E-state index in [0.717, 1.165) is 28.0 Å². The van der Waals surface area contributed by atoms with Crippen LogP contribution < -0.4 is 5.73 Å². The maximum Gasteiger partial charge on any atom is 0.123 e. The first-order valence-corrected chi connectivity index (χ1v) is 6.31. The molecule has 0 unspecified atom stereocenters. The van der Waals surface area contributed by atoms with Crippen LogP contribution in [0.2, 0.25) is 0 Å². The number of halogens is 1. The van der Waals surface area contributed by atoms with Crippen molar-refractivity contribution in [3.63, 3.8) is 0 Å². The SMILES string of the molecule is NCCCn1cc(-c2cc(Br)cs2)nn1. The van der Waals surface area contributed by atoms with Gasteiger partial charge in [-0.25, -0.2) is 0 Å². The van der Waals surface area contributed by atoms with E-state index >= 15 is 0 Å². The maximum absolute atomic E-state index is 5.43. The summed E-state index contributed by atoms with van der Waals surface area (Å²) in [6, 6.07) is 2.04. The Hall–Kier alpha value is -0.720. The fraction of sp³-hybridized carbons (Fsp3) is 0.333. The lowest BCUT2D eigenvalue weighted by Crippen LogP contribution is -2.06. The molecular formula is C9H11BrN4S. The molecule has 0 saturated heterocycles. The molecule has 0 aliphatic heterocycles. The van der Waals surface area contributed by atoms with Crippen LogP contribution in [0.15, 0.2) is 22.1 Å². The molecule has 0 aliphatic rings. The summed E-state index contributed by atoms with van der Waals surface area (Å²) in [6.07, 6.45) is 2.88. The van der Waals surface area contributed by atoms with Crippen LogP contribution in [-0.4, -0.2) is 21.5 Å². The van der Waals surface area contributed by atoms with Crippen molar-refractivity contribution in [2.24, 2.45) is 5.73 Å². The minimum atomic E-state index is 0.680. The van der Waals surface area contributed by atoms with E-state index in [1.54, 1.807) is 11.3 Å². The quantitative estimate of drug-likeness (QED) is 0.937. The number of nitrogens with zero attached hydrogens (tertiary/aromatic N) is 3. The molecular weight excluding hydrogens is 276 g/mol. The monoisotopic (exact) mass is 286 g/mol. The number of hydrogen-bond donors (Lipinski definition) is 1. The Morgan fingerprint density at radius 3 is 3.07 bits per heavy atom. The fourth-order valence-electron chi connectivity index (χ4n) is 1.22. The number of nitrogens with two attached hydrogens (primary N) is 1. The van der Waals surface area contributed by atoms with E-state index in [1.165, 1.54) is 0 Å². The van der Waals surface area contributed by atoms with Crippen LogP contribution in [-0.2, 0) is 6.54 Å². The summed E-state index contributed by atoms with van der Waals surface area (Å²) < 4.78 is 2.91. The largest absolute Gasteiger partial charge is 0.330 e.